The van der Waals surface area contributed by atoms with Crippen LogP contribution in [0, 0.1) is 6.92 Å². The SMILES string of the molecule is COC1CNC(CN(C)Cc2ccccc2C)C1. The lowest BCUT2D eigenvalue weighted by molar-refractivity contribution is 0.116. The zero-order chi connectivity index (χ0) is 13.0. The molecule has 1 aromatic carbocycles. The lowest BCUT2D eigenvalue weighted by atomic mass is 10.1. The summed E-state index contributed by atoms with van der Waals surface area (Å²) in [4.78, 5) is 2.39. The highest BCUT2D eigenvalue weighted by Gasteiger charge is 2.24. The first-order valence-electron chi connectivity index (χ1n) is 6.68. The predicted octanol–water partition coefficient (Wildman–Crippen LogP) is 1.80. The summed E-state index contributed by atoms with van der Waals surface area (Å²) in [5.41, 5.74) is 2.79. The lowest BCUT2D eigenvalue weighted by Crippen LogP contribution is -2.35. The van der Waals surface area contributed by atoms with Crippen LogP contribution in [0.15, 0.2) is 24.3 Å². The highest BCUT2D eigenvalue weighted by atomic mass is 16.5. The van der Waals surface area contributed by atoms with E-state index in [1.54, 1.807) is 7.11 Å². The van der Waals surface area contributed by atoms with Crippen molar-refractivity contribution in [3.05, 3.63) is 35.4 Å². The smallest absolute Gasteiger partial charge is 0.0711 e. The molecular weight excluding hydrogens is 224 g/mol. The zero-order valence-corrected chi connectivity index (χ0v) is 11.6. The van der Waals surface area contributed by atoms with Gasteiger partial charge in [0.1, 0.15) is 0 Å². The summed E-state index contributed by atoms with van der Waals surface area (Å²) in [5, 5.41) is 3.52. The van der Waals surface area contributed by atoms with E-state index in [4.69, 9.17) is 4.74 Å². The number of methoxy groups -OCH3 is 1. The third-order valence-corrected chi connectivity index (χ3v) is 3.75. The van der Waals surface area contributed by atoms with E-state index < -0.39 is 0 Å². The van der Waals surface area contributed by atoms with E-state index >= 15 is 0 Å². The molecule has 1 aliphatic heterocycles. The molecule has 0 aliphatic carbocycles. The largest absolute Gasteiger partial charge is 0.380 e. The van der Waals surface area contributed by atoms with Crippen molar-refractivity contribution in [1.29, 1.82) is 0 Å². The summed E-state index contributed by atoms with van der Waals surface area (Å²) in [5.74, 6) is 0. The fourth-order valence-electron chi connectivity index (χ4n) is 2.62. The average Bonchev–Trinajstić information content (AvgIpc) is 2.80. The van der Waals surface area contributed by atoms with Gasteiger partial charge < -0.3 is 15.0 Å². The fraction of sp³-hybridized carbons (Fsp3) is 0.600. The Hall–Kier alpha value is -0.900. The Morgan fingerprint density at radius 2 is 2.17 bits per heavy atom. The maximum Gasteiger partial charge on any atom is 0.0711 e. The number of hydrogen-bond donors (Lipinski definition) is 1. The monoisotopic (exact) mass is 248 g/mol. The first-order chi connectivity index (χ1) is 8.69. The summed E-state index contributed by atoms with van der Waals surface area (Å²) in [6, 6.07) is 9.17. The summed E-state index contributed by atoms with van der Waals surface area (Å²) in [6.45, 7) is 5.26. The van der Waals surface area contributed by atoms with Gasteiger partial charge in [-0.05, 0) is 31.5 Å². The van der Waals surface area contributed by atoms with Crippen LogP contribution in [-0.4, -0.2) is 44.3 Å². The van der Waals surface area contributed by atoms with Crippen LogP contribution in [0.4, 0.5) is 0 Å². The Kier molecular flexibility index (Phi) is 4.75. The van der Waals surface area contributed by atoms with Gasteiger partial charge in [-0.15, -0.1) is 0 Å². The molecule has 3 heteroatoms. The van der Waals surface area contributed by atoms with Gasteiger partial charge in [-0.25, -0.2) is 0 Å². The molecule has 3 nitrogen and oxygen atoms in total. The second-order valence-electron chi connectivity index (χ2n) is 5.32. The molecule has 0 spiro atoms. The number of likely N-dealkylation sites (N-methyl/N-ethyl adjacent to an activating group) is 1. The van der Waals surface area contributed by atoms with Crippen LogP contribution in [0.2, 0.25) is 0 Å². The van der Waals surface area contributed by atoms with E-state index in [1.165, 1.54) is 11.1 Å². The Labute approximate surface area is 110 Å². The molecule has 1 saturated heterocycles. The highest BCUT2D eigenvalue weighted by Crippen LogP contribution is 2.13. The number of benzene rings is 1. The standard InChI is InChI=1S/C15H24N2O/c1-12-6-4-5-7-13(12)10-17(2)11-14-8-15(18-3)9-16-14/h4-7,14-16H,8-11H2,1-3H3. The lowest BCUT2D eigenvalue weighted by Gasteiger charge is -2.22. The fourth-order valence-corrected chi connectivity index (χ4v) is 2.62. The molecule has 0 aromatic heterocycles. The molecule has 0 amide bonds. The summed E-state index contributed by atoms with van der Waals surface area (Å²) in [7, 11) is 3.99. The Morgan fingerprint density at radius 1 is 1.39 bits per heavy atom. The first-order valence-corrected chi connectivity index (χ1v) is 6.68. The summed E-state index contributed by atoms with van der Waals surface area (Å²) in [6.07, 6.45) is 1.51. The zero-order valence-electron chi connectivity index (χ0n) is 11.6. The van der Waals surface area contributed by atoms with Crippen molar-refractivity contribution in [1.82, 2.24) is 10.2 Å². The Morgan fingerprint density at radius 3 is 2.83 bits per heavy atom. The van der Waals surface area contributed by atoms with Crippen LogP contribution in [0.5, 0.6) is 0 Å². The van der Waals surface area contributed by atoms with Gasteiger partial charge >= 0.3 is 0 Å². The number of nitrogens with zero attached hydrogens (tertiary/aromatic N) is 1. The van der Waals surface area contributed by atoms with Gasteiger partial charge in [0, 0.05) is 32.8 Å². The Bertz CT molecular complexity index is 381. The van der Waals surface area contributed by atoms with E-state index in [9.17, 15) is 0 Å². The molecule has 0 saturated carbocycles. The molecule has 2 unspecified atom stereocenters. The van der Waals surface area contributed by atoms with Crippen molar-refractivity contribution in [2.45, 2.75) is 32.0 Å². The Balaban J connectivity index is 1.82. The maximum absolute atomic E-state index is 5.38. The molecule has 2 rings (SSSR count). The van der Waals surface area contributed by atoms with Gasteiger partial charge in [-0.1, -0.05) is 24.3 Å². The van der Waals surface area contributed by atoms with Gasteiger partial charge in [0.25, 0.3) is 0 Å². The second kappa shape index (κ2) is 6.32. The number of ether oxygens (including phenoxy) is 1. The number of rotatable bonds is 5. The molecule has 0 radical (unpaired) electrons. The molecule has 18 heavy (non-hydrogen) atoms. The van der Waals surface area contributed by atoms with Crippen molar-refractivity contribution in [3.63, 3.8) is 0 Å². The minimum atomic E-state index is 0.391. The number of nitrogens with one attached hydrogen (secondary N) is 1. The van der Waals surface area contributed by atoms with Crippen LogP contribution in [-0.2, 0) is 11.3 Å². The molecule has 1 fully saturated rings. The van der Waals surface area contributed by atoms with Crippen LogP contribution in [0.1, 0.15) is 17.5 Å². The van der Waals surface area contributed by atoms with Crippen molar-refractivity contribution < 1.29 is 4.74 Å². The highest BCUT2D eigenvalue weighted by molar-refractivity contribution is 5.25. The quantitative estimate of drug-likeness (QED) is 0.860. The predicted molar refractivity (Wildman–Crippen MR) is 74.7 cm³/mol. The molecule has 1 N–H and O–H groups in total. The van der Waals surface area contributed by atoms with Gasteiger partial charge in [0.2, 0.25) is 0 Å². The number of aryl methyl sites for hydroxylation is 1. The minimum Gasteiger partial charge on any atom is -0.380 e. The van der Waals surface area contributed by atoms with Crippen LogP contribution in [0.25, 0.3) is 0 Å². The van der Waals surface area contributed by atoms with Crippen molar-refractivity contribution in [2.24, 2.45) is 0 Å². The summed E-state index contributed by atoms with van der Waals surface area (Å²) < 4.78 is 5.38. The van der Waals surface area contributed by atoms with Crippen molar-refractivity contribution in [2.75, 3.05) is 27.2 Å². The molecule has 2 atom stereocenters. The molecule has 1 aromatic rings. The first kappa shape index (κ1) is 13.5. The third-order valence-electron chi connectivity index (χ3n) is 3.75. The third kappa shape index (κ3) is 3.55. The van der Waals surface area contributed by atoms with Crippen LogP contribution in [0.3, 0.4) is 0 Å². The van der Waals surface area contributed by atoms with Gasteiger partial charge in [-0.3, -0.25) is 0 Å². The van der Waals surface area contributed by atoms with Gasteiger partial charge in [0.05, 0.1) is 6.10 Å². The van der Waals surface area contributed by atoms with Crippen molar-refractivity contribution in [3.8, 4) is 0 Å². The molecule has 1 aliphatic rings. The van der Waals surface area contributed by atoms with Crippen LogP contribution >= 0.6 is 0 Å². The molecular formula is C15H24N2O. The minimum absolute atomic E-state index is 0.391. The topological polar surface area (TPSA) is 24.5 Å². The maximum atomic E-state index is 5.38. The van der Waals surface area contributed by atoms with Gasteiger partial charge in [0.15, 0.2) is 0 Å². The van der Waals surface area contributed by atoms with E-state index in [-0.39, 0.29) is 0 Å². The van der Waals surface area contributed by atoms with Crippen LogP contribution < -0.4 is 5.32 Å². The normalized spacial score (nSPS) is 23.8. The molecule has 100 valence electrons. The molecule has 1 heterocycles. The summed E-state index contributed by atoms with van der Waals surface area (Å²) >= 11 is 0. The molecule has 0 bridgehead atoms. The van der Waals surface area contributed by atoms with Gasteiger partial charge in [-0.2, -0.15) is 0 Å². The number of hydrogen-bond acceptors (Lipinski definition) is 3. The van der Waals surface area contributed by atoms with E-state index in [0.29, 0.717) is 12.1 Å². The van der Waals surface area contributed by atoms with Crippen molar-refractivity contribution >= 4 is 0 Å². The van der Waals surface area contributed by atoms with E-state index in [0.717, 1.165) is 26.1 Å². The van der Waals surface area contributed by atoms with E-state index in [2.05, 4.69) is 48.5 Å². The van der Waals surface area contributed by atoms with E-state index in [1.807, 2.05) is 0 Å². The average molecular weight is 248 g/mol. The second-order valence-corrected chi connectivity index (χ2v) is 5.32.